The van der Waals surface area contributed by atoms with Crippen molar-refractivity contribution in [2.45, 2.75) is 6.92 Å². The highest BCUT2D eigenvalue weighted by atomic mass is 16.1. The molecule has 0 bridgehead atoms. The second-order valence-corrected chi connectivity index (χ2v) is 3.46. The monoisotopic (exact) mass is 216 g/mol. The van der Waals surface area contributed by atoms with E-state index < -0.39 is 0 Å². The first-order valence-electron chi connectivity index (χ1n) is 4.92. The number of rotatable bonds is 2. The highest BCUT2D eigenvalue weighted by Gasteiger charge is 2.08. The van der Waals surface area contributed by atoms with Crippen LogP contribution in [0.15, 0.2) is 30.5 Å². The molecule has 1 amide bonds. The third-order valence-electron chi connectivity index (χ3n) is 2.25. The molecule has 0 radical (unpaired) electrons. The van der Waals surface area contributed by atoms with E-state index in [1.54, 1.807) is 17.9 Å². The standard InChI is InChI=1S/C11H12N4O/c1-8-3-5-9(6-4-8)15-7-10(13-14-15)11(16)12-2/h3-7H,1-2H3,(H,12,16). The molecule has 2 aromatic rings. The summed E-state index contributed by atoms with van der Waals surface area (Å²) < 4.78 is 1.57. The van der Waals surface area contributed by atoms with Crippen molar-refractivity contribution in [2.75, 3.05) is 7.05 Å². The Hall–Kier alpha value is -2.17. The van der Waals surface area contributed by atoms with Gasteiger partial charge in [-0.3, -0.25) is 4.79 Å². The van der Waals surface area contributed by atoms with Gasteiger partial charge in [-0.15, -0.1) is 5.10 Å². The van der Waals surface area contributed by atoms with Crippen molar-refractivity contribution in [1.82, 2.24) is 20.3 Å². The van der Waals surface area contributed by atoms with Gasteiger partial charge < -0.3 is 5.32 Å². The van der Waals surface area contributed by atoms with Crippen LogP contribution in [0.3, 0.4) is 0 Å². The van der Waals surface area contributed by atoms with Crippen molar-refractivity contribution in [3.8, 4) is 5.69 Å². The summed E-state index contributed by atoms with van der Waals surface area (Å²) >= 11 is 0. The Labute approximate surface area is 93.1 Å². The Morgan fingerprint density at radius 1 is 1.31 bits per heavy atom. The molecule has 0 aliphatic rings. The smallest absolute Gasteiger partial charge is 0.273 e. The van der Waals surface area contributed by atoms with Crippen LogP contribution in [0.4, 0.5) is 0 Å². The number of nitrogens with one attached hydrogen (secondary N) is 1. The van der Waals surface area contributed by atoms with E-state index in [0.717, 1.165) is 5.69 Å². The van der Waals surface area contributed by atoms with E-state index in [1.165, 1.54) is 5.56 Å². The molecule has 1 aromatic heterocycles. The predicted molar refractivity (Wildman–Crippen MR) is 59.5 cm³/mol. The molecule has 1 heterocycles. The van der Waals surface area contributed by atoms with Gasteiger partial charge >= 0.3 is 0 Å². The van der Waals surface area contributed by atoms with Crippen LogP contribution >= 0.6 is 0 Å². The van der Waals surface area contributed by atoms with E-state index in [0.29, 0.717) is 5.69 Å². The SMILES string of the molecule is CNC(=O)c1cn(-c2ccc(C)cc2)nn1. The molecule has 1 N–H and O–H groups in total. The van der Waals surface area contributed by atoms with E-state index >= 15 is 0 Å². The fraction of sp³-hybridized carbons (Fsp3) is 0.182. The third-order valence-corrected chi connectivity index (χ3v) is 2.25. The predicted octanol–water partition coefficient (Wildman–Crippen LogP) is 0.935. The number of aromatic nitrogens is 3. The Morgan fingerprint density at radius 3 is 2.62 bits per heavy atom. The number of benzene rings is 1. The van der Waals surface area contributed by atoms with Crippen LogP contribution in [0.1, 0.15) is 16.1 Å². The van der Waals surface area contributed by atoms with Gasteiger partial charge in [0.1, 0.15) is 0 Å². The van der Waals surface area contributed by atoms with E-state index in [4.69, 9.17) is 0 Å². The van der Waals surface area contributed by atoms with Gasteiger partial charge in [0.2, 0.25) is 0 Å². The maximum atomic E-state index is 11.3. The second-order valence-electron chi connectivity index (χ2n) is 3.46. The molecule has 5 nitrogen and oxygen atoms in total. The quantitative estimate of drug-likeness (QED) is 0.812. The summed E-state index contributed by atoms with van der Waals surface area (Å²) in [5.74, 6) is -0.238. The normalized spacial score (nSPS) is 10.1. The zero-order valence-corrected chi connectivity index (χ0v) is 9.14. The van der Waals surface area contributed by atoms with Crippen molar-refractivity contribution in [3.63, 3.8) is 0 Å². The van der Waals surface area contributed by atoms with Gasteiger partial charge in [-0.2, -0.15) is 0 Å². The fourth-order valence-corrected chi connectivity index (χ4v) is 1.32. The molecule has 2 rings (SSSR count). The van der Waals surface area contributed by atoms with Crippen molar-refractivity contribution < 1.29 is 4.79 Å². The van der Waals surface area contributed by atoms with Gasteiger partial charge in [-0.25, -0.2) is 4.68 Å². The van der Waals surface area contributed by atoms with Crippen molar-refractivity contribution in [2.24, 2.45) is 0 Å². The maximum Gasteiger partial charge on any atom is 0.273 e. The topological polar surface area (TPSA) is 59.8 Å². The van der Waals surface area contributed by atoms with Gasteiger partial charge in [-0.05, 0) is 19.1 Å². The summed E-state index contributed by atoms with van der Waals surface area (Å²) in [5.41, 5.74) is 2.37. The lowest BCUT2D eigenvalue weighted by Gasteiger charge is -1.99. The molecular formula is C11H12N4O. The largest absolute Gasteiger partial charge is 0.354 e. The molecule has 5 heteroatoms. The number of hydrogen-bond acceptors (Lipinski definition) is 3. The number of carbonyl (C=O) groups excluding carboxylic acids is 1. The third kappa shape index (κ3) is 1.93. The van der Waals surface area contributed by atoms with Gasteiger partial charge in [0.15, 0.2) is 5.69 Å². The zero-order valence-electron chi connectivity index (χ0n) is 9.14. The molecule has 0 aliphatic heterocycles. The highest BCUT2D eigenvalue weighted by Crippen LogP contribution is 2.08. The molecule has 0 aliphatic carbocycles. The number of amides is 1. The number of nitrogens with zero attached hydrogens (tertiary/aromatic N) is 3. The summed E-state index contributed by atoms with van der Waals surface area (Å²) in [4.78, 5) is 11.3. The molecule has 0 fully saturated rings. The van der Waals surface area contributed by atoms with Gasteiger partial charge in [-0.1, -0.05) is 22.9 Å². The van der Waals surface area contributed by atoms with Crippen molar-refractivity contribution in [3.05, 3.63) is 41.7 Å². The van der Waals surface area contributed by atoms with Crippen LogP contribution in [-0.4, -0.2) is 27.9 Å². The molecule has 82 valence electrons. The van der Waals surface area contributed by atoms with Crippen LogP contribution < -0.4 is 5.32 Å². The minimum atomic E-state index is -0.238. The Morgan fingerprint density at radius 2 is 2.00 bits per heavy atom. The lowest BCUT2D eigenvalue weighted by atomic mass is 10.2. The lowest BCUT2D eigenvalue weighted by Crippen LogP contribution is -2.18. The van der Waals surface area contributed by atoms with E-state index in [9.17, 15) is 4.79 Å². The first-order chi connectivity index (χ1) is 7.70. The summed E-state index contributed by atoms with van der Waals surface area (Å²) in [7, 11) is 1.56. The van der Waals surface area contributed by atoms with Crippen molar-refractivity contribution in [1.29, 1.82) is 0 Å². The van der Waals surface area contributed by atoms with Crippen LogP contribution in [0.5, 0.6) is 0 Å². The van der Waals surface area contributed by atoms with Crippen LogP contribution in [0, 0.1) is 6.92 Å². The minimum Gasteiger partial charge on any atom is -0.354 e. The second kappa shape index (κ2) is 4.14. The molecular weight excluding hydrogens is 204 g/mol. The molecule has 0 saturated heterocycles. The average molecular weight is 216 g/mol. The zero-order chi connectivity index (χ0) is 11.5. The molecule has 0 atom stereocenters. The lowest BCUT2D eigenvalue weighted by molar-refractivity contribution is 0.0958. The number of carbonyl (C=O) groups is 1. The molecule has 0 unspecified atom stereocenters. The molecule has 16 heavy (non-hydrogen) atoms. The van der Waals surface area contributed by atoms with Crippen LogP contribution in [-0.2, 0) is 0 Å². The summed E-state index contributed by atoms with van der Waals surface area (Å²) in [5, 5.41) is 10.2. The number of hydrogen-bond donors (Lipinski definition) is 1. The summed E-state index contributed by atoms with van der Waals surface area (Å²) in [6.45, 7) is 2.01. The first-order valence-corrected chi connectivity index (χ1v) is 4.92. The Balaban J connectivity index is 2.31. The van der Waals surface area contributed by atoms with Crippen molar-refractivity contribution >= 4 is 5.91 Å². The first kappa shape index (κ1) is 10.4. The van der Waals surface area contributed by atoms with E-state index in [2.05, 4.69) is 15.6 Å². The summed E-state index contributed by atoms with van der Waals surface area (Å²) in [6.07, 6.45) is 1.60. The van der Waals surface area contributed by atoms with Crippen LogP contribution in [0.2, 0.25) is 0 Å². The minimum absolute atomic E-state index is 0.238. The van der Waals surface area contributed by atoms with E-state index in [-0.39, 0.29) is 5.91 Å². The molecule has 1 aromatic carbocycles. The maximum absolute atomic E-state index is 11.3. The average Bonchev–Trinajstić information content (AvgIpc) is 2.78. The molecule has 0 spiro atoms. The van der Waals surface area contributed by atoms with Crippen LogP contribution in [0.25, 0.3) is 5.69 Å². The van der Waals surface area contributed by atoms with Gasteiger partial charge in [0.25, 0.3) is 5.91 Å². The van der Waals surface area contributed by atoms with Gasteiger partial charge in [0.05, 0.1) is 11.9 Å². The molecule has 0 saturated carbocycles. The Kier molecular flexibility index (Phi) is 2.68. The number of aryl methyl sites for hydroxylation is 1. The van der Waals surface area contributed by atoms with Gasteiger partial charge in [0, 0.05) is 7.05 Å². The highest BCUT2D eigenvalue weighted by molar-refractivity contribution is 5.91. The van der Waals surface area contributed by atoms with E-state index in [1.807, 2.05) is 31.2 Å². The fourth-order valence-electron chi connectivity index (χ4n) is 1.32. The Bertz CT molecular complexity index is 501. The summed E-state index contributed by atoms with van der Waals surface area (Å²) in [6, 6.07) is 7.82.